The molecule has 4 rings (SSSR count). The van der Waals surface area contributed by atoms with Crippen LogP contribution >= 0.6 is 23.5 Å². The number of thioether (sulfide) groups is 2. The SMILES string of the molecule is CSC1=NN2C(=N)/C(=C/c3cc(C)n(-c4ccc(C)cc4C)c3C)C(=O)N=C2S1. The predicted molar refractivity (Wildman–Crippen MR) is 123 cm³/mol. The Morgan fingerprint density at radius 3 is 2.62 bits per heavy atom. The summed E-state index contributed by atoms with van der Waals surface area (Å²) in [7, 11) is 0. The first-order valence-electron chi connectivity index (χ1n) is 9.11. The second kappa shape index (κ2) is 7.35. The van der Waals surface area contributed by atoms with Gasteiger partial charge in [0, 0.05) is 17.1 Å². The maximum atomic E-state index is 12.6. The van der Waals surface area contributed by atoms with Gasteiger partial charge in [-0.2, -0.15) is 10.0 Å². The van der Waals surface area contributed by atoms with Crippen LogP contribution in [0, 0.1) is 33.1 Å². The minimum absolute atomic E-state index is 0.0628. The molecule has 0 fully saturated rings. The lowest BCUT2D eigenvalue weighted by Gasteiger charge is -2.20. The summed E-state index contributed by atoms with van der Waals surface area (Å²) in [5.74, 6) is -0.338. The van der Waals surface area contributed by atoms with E-state index in [0.717, 1.165) is 27.0 Å². The number of benzene rings is 1. The van der Waals surface area contributed by atoms with Crippen molar-refractivity contribution in [1.29, 1.82) is 5.41 Å². The van der Waals surface area contributed by atoms with Gasteiger partial charge >= 0.3 is 0 Å². The summed E-state index contributed by atoms with van der Waals surface area (Å²) >= 11 is 2.79. The number of rotatable bonds is 2. The fourth-order valence-corrected chi connectivity index (χ4v) is 4.92. The standard InChI is InChI=1S/C21H21N5OS2/c1-11-6-7-17(12(2)8-11)25-13(3)9-15(14(25)4)10-16-18(22)26-20(23-19(16)27)29-21(24-26)28-5/h6-10,22H,1-5H3/b16-10-,22-18?. The predicted octanol–water partition coefficient (Wildman–Crippen LogP) is 4.65. The Morgan fingerprint density at radius 1 is 1.17 bits per heavy atom. The molecular weight excluding hydrogens is 402 g/mol. The van der Waals surface area contributed by atoms with E-state index < -0.39 is 5.91 Å². The van der Waals surface area contributed by atoms with Crippen molar-refractivity contribution in [2.75, 3.05) is 6.26 Å². The number of hydrazone groups is 1. The summed E-state index contributed by atoms with van der Waals surface area (Å²) in [4.78, 5) is 16.7. The third kappa shape index (κ3) is 3.36. The summed E-state index contributed by atoms with van der Waals surface area (Å²) in [6, 6.07) is 8.42. The van der Waals surface area contributed by atoms with Crippen molar-refractivity contribution in [3.05, 3.63) is 57.9 Å². The molecule has 0 saturated carbocycles. The van der Waals surface area contributed by atoms with Crippen molar-refractivity contribution in [3.63, 3.8) is 0 Å². The normalized spacial score (nSPS) is 17.7. The summed E-state index contributed by atoms with van der Waals surface area (Å²) in [6.07, 6.45) is 3.67. The number of nitrogens with zero attached hydrogens (tertiary/aromatic N) is 4. The molecule has 0 spiro atoms. The molecule has 1 aromatic heterocycles. The molecule has 6 nitrogen and oxygen atoms in total. The van der Waals surface area contributed by atoms with Gasteiger partial charge in [-0.1, -0.05) is 17.7 Å². The molecule has 2 aromatic rings. The molecule has 148 valence electrons. The van der Waals surface area contributed by atoms with E-state index in [1.54, 1.807) is 6.08 Å². The van der Waals surface area contributed by atoms with E-state index in [4.69, 9.17) is 5.41 Å². The van der Waals surface area contributed by atoms with Crippen molar-refractivity contribution >= 4 is 50.9 Å². The van der Waals surface area contributed by atoms with Crippen LogP contribution in [-0.2, 0) is 4.79 Å². The number of aromatic nitrogens is 1. The molecule has 3 heterocycles. The zero-order valence-corrected chi connectivity index (χ0v) is 18.5. The van der Waals surface area contributed by atoms with Gasteiger partial charge in [-0.3, -0.25) is 10.2 Å². The van der Waals surface area contributed by atoms with E-state index in [0.29, 0.717) is 5.17 Å². The van der Waals surface area contributed by atoms with Gasteiger partial charge in [-0.25, -0.2) is 0 Å². The van der Waals surface area contributed by atoms with Crippen LogP contribution in [0.1, 0.15) is 28.1 Å². The average Bonchev–Trinajstić information content (AvgIpc) is 3.20. The van der Waals surface area contributed by atoms with E-state index in [-0.39, 0.29) is 11.4 Å². The van der Waals surface area contributed by atoms with Gasteiger partial charge in [0.05, 0.1) is 5.57 Å². The van der Waals surface area contributed by atoms with E-state index in [2.05, 4.69) is 46.7 Å². The Morgan fingerprint density at radius 2 is 1.93 bits per heavy atom. The molecule has 29 heavy (non-hydrogen) atoms. The second-order valence-corrected chi connectivity index (χ2v) is 9.05. The average molecular weight is 424 g/mol. The number of hydrogen-bond donors (Lipinski definition) is 1. The minimum Gasteiger partial charge on any atom is -0.318 e. The number of fused-ring (bicyclic) bond motifs is 1. The molecule has 0 saturated heterocycles. The van der Waals surface area contributed by atoms with Crippen LogP contribution in [0.4, 0.5) is 0 Å². The van der Waals surface area contributed by atoms with Gasteiger partial charge < -0.3 is 4.57 Å². The number of aliphatic imine (C=N–C) groups is 1. The zero-order valence-electron chi connectivity index (χ0n) is 16.9. The van der Waals surface area contributed by atoms with E-state index in [1.165, 1.54) is 39.7 Å². The third-order valence-electron chi connectivity index (χ3n) is 4.97. The lowest BCUT2D eigenvalue weighted by molar-refractivity contribution is -0.114. The molecule has 0 radical (unpaired) electrons. The highest BCUT2D eigenvalue weighted by Crippen LogP contribution is 2.32. The lowest BCUT2D eigenvalue weighted by Crippen LogP contribution is -2.35. The van der Waals surface area contributed by atoms with Crippen LogP contribution in [0.3, 0.4) is 0 Å². The largest absolute Gasteiger partial charge is 0.318 e. The van der Waals surface area contributed by atoms with Gasteiger partial charge in [-0.15, -0.1) is 16.9 Å². The molecule has 1 amide bonds. The van der Waals surface area contributed by atoms with Crippen LogP contribution in [0.15, 0.2) is 39.9 Å². The molecule has 2 aliphatic rings. The maximum Gasteiger partial charge on any atom is 0.283 e. The fourth-order valence-electron chi connectivity index (χ4n) is 3.57. The molecule has 2 aliphatic heterocycles. The van der Waals surface area contributed by atoms with E-state index in [9.17, 15) is 4.79 Å². The summed E-state index contributed by atoms with van der Waals surface area (Å²) < 4.78 is 2.96. The van der Waals surface area contributed by atoms with Gasteiger partial charge in [0.2, 0.25) is 5.17 Å². The van der Waals surface area contributed by atoms with Crippen LogP contribution in [0.25, 0.3) is 11.8 Å². The second-order valence-electron chi connectivity index (χ2n) is 7.04. The molecule has 0 bridgehead atoms. The molecule has 1 aromatic carbocycles. The van der Waals surface area contributed by atoms with Crippen molar-refractivity contribution in [3.8, 4) is 5.69 Å². The Hall–Kier alpha value is -2.58. The smallest absolute Gasteiger partial charge is 0.283 e. The van der Waals surface area contributed by atoms with Gasteiger partial charge in [0.1, 0.15) is 0 Å². The van der Waals surface area contributed by atoms with Gasteiger partial charge in [0.25, 0.3) is 5.91 Å². The fraction of sp³-hybridized carbons (Fsp3) is 0.238. The molecule has 8 heteroatoms. The lowest BCUT2D eigenvalue weighted by atomic mass is 10.1. The zero-order chi connectivity index (χ0) is 20.9. The van der Waals surface area contributed by atoms with E-state index in [1.807, 2.05) is 26.2 Å². The maximum absolute atomic E-state index is 12.6. The van der Waals surface area contributed by atoms with Gasteiger partial charge in [-0.05, 0) is 75.0 Å². The number of nitrogens with one attached hydrogen (secondary N) is 1. The van der Waals surface area contributed by atoms with Crippen LogP contribution in [-0.4, -0.2) is 37.1 Å². The quantitative estimate of drug-likeness (QED) is 0.714. The monoisotopic (exact) mass is 423 g/mol. The van der Waals surface area contributed by atoms with Crippen LogP contribution < -0.4 is 0 Å². The number of hydrogen-bond acceptors (Lipinski definition) is 5. The molecule has 0 aliphatic carbocycles. The van der Waals surface area contributed by atoms with E-state index >= 15 is 0 Å². The van der Waals surface area contributed by atoms with Crippen LogP contribution in [0.5, 0.6) is 0 Å². The van der Waals surface area contributed by atoms with Crippen molar-refractivity contribution in [2.24, 2.45) is 10.1 Å². The molecule has 1 N–H and O–H groups in total. The Balaban J connectivity index is 1.77. The number of carbonyl (C=O) groups excluding carboxylic acids is 1. The minimum atomic E-state index is -0.400. The first-order valence-corrected chi connectivity index (χ1v) is 11.1. The van der Waals surface area contributed by atoms with Crippen LogP contribution in [0.2, 0.25) is 0 Å². The Bertz CT molecular complexity index is 1160. The highest BCUT2D eigenvalue weighted by Gasteiger charge is 2.35. The number of amides is 1. The van der Waals surface area contributed by atoms with Crippen molar-refractivity contribution in [2.45, 2.75) is 27.7 Å². The first kappa shape index (κ1) is 19.7. The summed E-state index contributed by atoms with van der Waals surface area (Å²) in [5.41, 5.74) is 6.76. The number of carbonyl (C=O) groups is 1. The third-order valence-corrected chi connectivity index (χ3v) is 6.86. The number of amidine groups is 2. The topological polar surface area (TPSA) is 73.8 Å². The molecule has 0 unspecified atom stereocenters. The van der Waals surface area contributed by atoms with Crippen molar-refractivity contribution < 1.29 is 4.79 Å². The first-order chi connectivity index (χ1) is 13.8. The highest BCUT2D eigenvalue weighted by atomic mass is 32.2. The van der Waals surface area contributed by atoms with Crippen molar-refractivity contribution in [1.82, 2.24) is 9.58 Å². The summed E-state index contributed by atoms with van der Waals surface area (Å²) in [5, 5.41) is 14.7. The Labute approximate surface area is 178 Å². The molecule has 0 atom stereocenters. The highest BCUT2D eigenvalue weighted by molar-refractivity contribution is 8.45. The molecular formula is C21H21N5OS2. The van der Waals surface area contributed by atoms with Gasteiger partial charge in [0.15, 0.2) is 10.2 Å². The Kier molecular flexibility index (Phi) is 5.00. The summed E-state index contributed by atoms with van der Waals surface area (Å²) in [6.45, 7) is 8.26. The number of aryl methyl sites for hydroxylation is 3.